The van der Waals surface area contributed by atoms with Crippen molar-refractivity contribution < 1.29 is 13.2 Å². The van der Waals surface area contributed by atoms with Crippen molar-refractivity contribution >= 4 is 0 Å². The fourth-order valence-electron chi connectivity index (χ4n) is 6.07. The Morgan fingerprint density at radius 2 is 1.43 bits per heavy atom. The molecule has 3 atom stereocenters. The topological polar surface area (TPSA) is 0 Å². The summed E-state index contributed by atoms with van der Waals surface area (Å²) in [6, 6.07) is 20.2. The minimum absolute atomic E-state index is 0.00417. The van der Waals surface area contributed by atoms with Gasteiger partial charge in [-0.1, -0.05) is 106 Å². The smallest absolute Gasteiger partial charge is 0.134 e. The zero-order valence-corrected chi connectivity index (χ0v) is 20.8. The van der Waals surface area contributed by atoms with Crippen LogP contribution in [0.5, 0.6) is 0 Å². The van der Waals surface area contributed by atoms with Gasteiger partial charge in [-0.2, -0.15) is 0 Å². The number of hydrogen-bond acceptors (Lipinski definition) is 0. The van der Waals surface area contributed by atoms with Crippen molar-refractivity contribution in [1.29, 1.82) is 0 Å². The molecule has 0 saturated heterocycles. The second-order valence-electron chi connectivity index (χ2n) is 10.1. The predicted molar refractivity (Wildman–Crippen MR) is 140 cm³/mol. The van der Waals surface area contributed by atoms with Crippen LogP contribution in [0.15, 0.2) is 66.7 Å². The van der Waals surface area contributed by atoms with Gasteiger partial charge in [-0.25, -0.2) is 8.78 Å². The first-order valence-electron chi connectivity index (χ1n) is 13.3. The lowest BCUT2D eigenvalue weighted by Gasteiger charge is -2.38. The normalized spacial score (nSPS) is 19.0. The molecule has 3 aromatic carbocycles. The van der Waals surface area contributed by atoms with Crippen LogP contribution in [0.3, 0.4) is 0 Å². The van der Waals surface area contributed by atoms with Gasteiger partial charge in [0.25, 0.3) is 0 Å². The van der Waals surface area contributed by atoms with Crippen LogP contribution in [0.4, 0.5) is 13.2 Å². The SMILES string of the molecule is CCCCCC1CCCCC1C(CCF)c1cc(F)c(-c2ccc(-c3ccccc3)cc2)c(F)c1. The van der Waals surface area contributed by atoms with Gasteiger partial charge in [-0.05, 0) is 65.0 Å². The van der Waals surface area contributed by atoms with Crippen LogP contribution in [-0.4, -0.2) is 6.67 Å². The molecule has 3 aromatic rings. The highest BCUT2D eigenvalue weighted by atomic mass is 19.1. The minimum Gasteiger partial charge on any atom is -0.251 e. The Hall–Kier alpha value is -2.55. The molecule has 0 bridgehead atoms. The van der Waals surface area contributed by atoms with Crippen LogP contribution in [0.2, 0.25) is 0 Å². The summed E-state index contributed by atoms with van der Waals surface area (Å²) in [6.07, 6.45) is 9.53. The third-order valence-electron chi connectivity index (χ3n) is 7.86. The van der Waals surface area contributed by atoms with Crippen molar-refractivity contribution in [2.24, 2.45) is 11.8 Å². The van der Waals surface area contributed by atoms with Gasteiger partial charge in [0, 0.05) is 0 Å². The van der Waals surface area contributed by atoms with Gasteiger partial charge >= 0.3 is 0 Å². The number of benzene rings is 3. The van der Waals surface area contributed by atoms with Crippen LogP contribution in [0, 0.1) is 23.5 Å². The maximum atomic E-state index is 15.4. The zero-order chi connectivity index (χ0) is 24.6. The summed E-state index contributed by atoms with van der Waals surface area (Å²) in [5, 5.41) is 0. The molecule has 0 radical (unpaired) electrons. The minimum atomic E-state index is -0.560. The first kappa shape index (κ1) is 25.5. The van der Waals surface area contributed by atoms with Gasteiger partial charge in [0.2, 0.25) is 0 Å². The molecule has 0 spiro atoms. The highest BCUT2D eigenvalue weighted by Crippen LogP contribution is 2.45. The molecule has 1 aliphatic rings. The Morgan fingerprint density at radius 3 is 2.09 bits per heavy atom. The summed E-state index contributed by atoms with van der Waals surface area (Å²) in [6.45, 7) is 1.74. The second-order valence-corrected chi connectivity index (χ2v) is 10.1. The molecule has 1 aliphatic carbocycles. The summed E-state index contributed by atoms with van der Waals surface area (Å²) in [4.78, 5) is 0. The van der Waals surface area contributed by atoms with Crippen molar-refractivity contribution in [3.63, 3.8) is 0 Å². The van der Waals surface area contributed by atoms with Crippen molar-refractivity contribution in [1.82, 2.24) is 0 Å². The van der Waals surface area contributed by atoms with E-state index in [9.17, 15) is 4.39 Å². The van der Waals surface area contributed by atoms with Crippen LogP contribution >= 0.6 is 0 Å². The molecular formula is C32H37F3. The number of halogens is 3. The predicted octanol–water partition coefficient (Wildman–Crippen LogP) is 10.1. The molecule has 3 unspecified atom stereocenters. The monoisotopic (exact) mass is 478 g/mol. The van der Waals surface area contributed by atoms with E-state index >= 15 is 8.78 Å². The Morgan fingerprint density at radius 1 is 0.800 bits per heavy atom. The molecule has 3 heteroatoms. The van der Waals surface area contributed by atoms with E-state index in [2.05, 4.69) is 6.92 Å². The second kappa shape index (κ2) is 12.4. The summed E-state index contributed by atoms with van der Waals surface area (Å²) < 4.78 is 44.5. The fraction of sp³-hybridized carbons (Fsp3) is 0.438. The van der Waals surface area contributed by atoms with E-state index in [1.165, 1.54) is 37.8 Å². The Labute approximate surface area is 208 Å². The summed E-state index contributed by atoms with van der Waals surface area (Å²) in [5.74, 6) is -0.441. The van der Waals surface area contributed by atoms with E-state index in [0.29, 0.717) is 29.4 Å². The van der Waals surface area contributed by atoms with Gasteiger partial charge in [0.05, 0.1) is 12.2 Å². The first-order valence-corrected chi connectivity index (χ1v) is 13.3. The van der Waals surface area contributed by atoms with E-state index in [0.717, 1.165) is 36.8 Å². The van der Waals surface area contributed by atoms with E-state index in [1.807, 2.05) is 42.5 Å². The Kier molecular flexibility index (Phi) is 9.06. The standard InChI is InChI=1S/C32H37F3/c1-2-3-5-12-25-13-8-9-14-28(25)29(19-20-33)27-21-30(34)32(31(35)22-27)26-17-15-24(16-18-26)23-10-6-4-7-11-23/h4,6-7,10-11,15-18,21-22,25,28-29H,2-3,5,8-9,12-14,19-20H2,1H3. The number of rotatable bonds is 10. The molecule has 0 N–H and O–H groups in total. The zero-order valence-electron chi connectivity index (χ0n) is 20.8. The van der Waals surface area contributed by atoms with Crippen molar-refractivity contribution in [2.45, 2.75) is 70.6 Å². The van der Waals surface area contributed by atoms with Gasteiger partial charge in [0.1, 0.15) is 11.6 Å². The molecule has 35 heavy (non-hydrogen) atoms. The molecule has 1 saturated carbocycles. The molecule has 186 valence electrons. The average Bonchev–Trinajstić information content (AvgIpc) is 2.88. The van der Waals surface area contributed by atoms with Gasteiger partial charge in [-0.15, -0.1) is 0 Å². The lowest BCUT2D eigenvalue weighted by atomic mass is 9.67. The summed E-state index contributed by atoms with van der Waals surface area (Å²) in [7, 11) is 0. The molecule has 1 fully saturated rings. The molecule has 0 aliphatic heterocycles. The first-order chi connectivity index (χ1) is 17.1. The quantitative estimate of drug-likeness (QED) is 0.254. The van der Waals surface area contributed by atoms with E-state index in [-0.39, 0.29) is 11.5 Å². The third-order valence-corrected chi connectivity index (χ3v) is 7.86. The molecule has 0 amide bonds. The third kappa shape index (κ3) is 6.18. The van der Waals surface area contributed by atoms with E-state index in [4.69, 9.17) is 0 Å². The molecule has 0 aromatic heterocycles. The van der Waals surface area contributed by atoms with Gasteiger partial charge in [0.15, 0.2) is 0 Å². The number of hydrogen-bond donors (Lipinski definition) is 0. The summed E-state index contributed by atoms with van der Waals surface area (Å²) in [5.41, 5.74) is 3.19. The lowest BCUT2D eigenvalue weighted by molar-refractivity contribution is 0.174. The largest absolute Gasteiger partial charge is 0.251 e. The van der Waals surface area contributed by atoms with E-state index < -0.39 is 18.3 Å². The highest BCUT2D eigenvalue weighted by molar-refractivity contribution is 5.71. The lowest BCUT2D eigenvalue weighted by Crippen LogP contribution is -2.26. The Bertz CT molecular complexity index is 1030. The highest BCUT2D eigenvalue weighted by Gasteiger charge is 2.33. The molecular weight excluding hydrogens is 441 g/mol. The van der Waals surface area contributed by atoms with Gasteiger partial charge < -0.3 is 0 Å². The fourth-order valence-corrected chi connectivity index (χ4v) is 6.07. The van der Waals surface area contributed by atoms with Crippen molar-refractivity contribution in [3.05, 3.63) is 83.9 Å². The van der Waals surface area contributed by atoms with Crippen molar-refractivity contribution in [3.8, 4) is 22.3 Å². The Balaban J connectivity index is 1.60. The number of alkyl halides is 1. The molecule has 0 heterocycles. The van der Waals surface area contributed by atoms with Crippen LogP contribution in [-0.2, 0) is 0 Å². The van der Waals surface area contributed by atoms with Crippen LogP contribution in [0.1, 0.15) is 76.2 Å². The maximum absolute atomic E-state index is 15.4. The number of unbranched alkanes of at least 4 members (excludes halogenated alkanes) is 2. The van der Waals surface area contributed by atoms with Gasteiger partial charge in [-0.3, -0.25) is 4.39 Å². The van der Waals surface area contributed by atoms with Crippen molar-refractivity contribution in [2.75, 3.05) is 6.67 Å². The van der Waals surface area contributed by atoms with E-state index in [1.54, 1.807) is 12.1 Å². The molecule has 0 nitrogen and oxygen atoms in total. The molecule has 4 rings (SSSR count). The maximum Gasteiger partial charge on any atom is 0.134 e. The summed E-state index contributed by atoms with van der Waals surface area (Å²) >= 11 is 0. The van der Waals surface area contributed by atoms with Crippen LogP contribution < -0.4 is 0 Å². The van der Waals surface area contributed by atoms with Crippen LogP contribution in [0.25, 0.3) is 22.3 Å². The average molecular weight is 479 g/mol.